The van der Waals surface area contributed by atoms with Crippen LogP contribution < -0.4 is 14.8 Å². The number of non-ortho nitro benzene ring substituents is 1. The number of carbonyl (C=O) groups is 1. The van der Waals surface area contributed by atoms with E-state index in [1.807, 2.05) is 0 Å². The minimum Gasteiger partial charge on any atom is -0.496 e. The molecule has 1 N–H and O–H groups in total. The van der Waals surface area contributed by atoms with Gasteiger partial charge in [0.15, 0.2) is 0 Å². The number of hydrogen-bond acceptors (Lipinski definition) is 9. The van der Waals surface area contributed by atoms with Gasteiger partial charge in [0.25, 0.3) is 16.8 Å². The third-order valence-electron chi connectivity index (χ3n) is 3.80. The van der Waals surface area contributed by atoms with Crippen LogP contribution in [0.3, 0.4) is 0 Å². The van der Waals surface area contributed by atoms with Crippen molar-refractivity contribution >= 4 is 40.6 Å². The smallest absolute Gasteiger partial charge is 0.277 e. The molecule has 0 aliphatic carbocycles. The zero-order valence-electron chi connectivity index (χ0n) is 15.7. The molecule has 12 heteroatoms. The molecule has 0 spiro atoms. The van der Waals surface area contributed by atoms with Crippen molar-refractivity contribution in [3.63, 3.8) is 0 Å². The highest BCUT2D eigenvalue weighted by molar-refractivity contribution is 7.99. The molecule has 1 amide bonds. The standard InChI is InChI=1S/C18H15ClN4O6S/c1-27-14-6-3-10(19)7-12(14)17-21-22-18(29-17)30-9-16(24)20-13-5-4-11(23(25)26)8-15(13)28-2/h3-8H,9H2,1-2H3,(H,20,24). The van der Waals surface area contributed by atoms with Crippen LogP contribution in [0.4, 0.5) is 11.4 Å². The highest BCUT2D eigenvalue weighted by Gasteiger charge is 2.17. The van der Waals surface area contributed by atoms with Crippen LogP contribution in [0.2, 0.25) is 5.02 Å². The van der Waals surface area contributed by atoms with Gasteiger partial charge in [0, 0.05) is 11.1 Å². The summed E-state index contributed by atoms with van der Waals surface area (Å²) in [5, 5.41) is 22.0. The van der Waals surface area contributed by atoms with Crippen LogP contribution in [-0.4, -0.2) is 41.0 Å². The maximum atomic E-state index is 12.2. The number of aromatic nitrogens is 2. The number of nitro groups is 1. The van der Waals surface area contributed by atoms with Crippen molar-refractivity contribution < 1.29 is 23.6 Å². The lowest BCUT2D eigenvalue weighted by Gasteiger charge is -2.09. The molecule has 0 bridgehead atoms. The topological polar surface area (TPSA) is 130 Å². The Morgan fingerprint density at radius 3 is 2.67 bits per heavy atom. The Bertz CT molecular complexity index is 1090. The predicted molar refractivity (Wildman–Crippen MR) is 110 cm³/mol. The number of anilines is 1. The SMILES string of the molecule is COc1cc([N+](=O)[O-])ccc1NC(=O)CSc1nnc(-c2cc(Cl)ccc2OC)o1. The number of ether oxygens (including phenoxy) is 2. The molecule has 0 radical (unpaired) electrons. The number of thioether (sulfide) groups is 1. The minimum atomic E-state index is -0.550. The van der Waals surface area contributed by atoms with Crippen LogP contribution >= 0.6 is 23.4 Å². The van der Waals surface area contributed by atoms with Gasteiger partial charge in [-0.05, 0) is 24.3 Å². The molecule has 0 unspecified atom stereocenters. The molecule has 30 heavy (non-hydrogen) atoms. The van der Waals surface area contributed by atoms with Crippen LogP contribution in [0, 0.1) is 10.1 Å². The minimum absolute atomic E-state index is 0.0333. The van der Waals surface area contributed by atoms with Crippen molar-refractivity contribution in [1.82, 2.24) is 10.2 Å². The van der Waals surface area contributed by atoms with Gasteiger partial charge in [-0.2, -0.15) is 0 Å². The quantitative estimate of drug-likeness (QED) is 0.307. The molecule has 3 rings (SSSR count). The molecule has 3 aromatic rings. The summed E-state index contributed by atoms with van der Waals surface area (Å²) in [4.78, 5) is 22.5. The number of hydrogen-bond donors (Lipinski definition) is 1. The van der Waals surface area contributed by atoms with Crippen molar-refractivity contribution in [2.45, 2.75) is 5.22 Å². The zero-order chi connectivity index (χ0) is 21.7. The summed E-state index contributed by atoms with van der Waals surface area (Å²) >= 11 is 7.04. The number of nitrogens with one attached hydrogen (secondary N) is 1. The van der Waals surface area contributed by atoms with Crippen LogP contribution in [0.15, 0.2) is 46.0 Å². The van der Waals surface area contributed by atoms with Gasteiger partial charge in [-0.15, -0.1) is 10.2 Å². The Kier molecular flexibility index (Phi) is 6.75. The third kappa shape index (κ3) is 4.99. The first kappa shape index (κ1) is 21.4. The molecule has 10 nitrogen and oxygen atoms in total. The fourth-order valence-electron chi connectivity index (χ4n) is 2.43. The maximum absolute atomic E-state index is 12.2. The normalized spacial score (nSPS) is 10.5. The van der Waals surface area contributed by atoms with Crippen molar-refractivity contribution in [1.29, 1.82) is 0 Å². The first-order chi connectivity index (χ1) is 14.4. The zero-order valence-corrected chi connectivity index (χ0v) is 17.3. The summed E-state index contributed by atoms with van der Waals surface area (Å²) in [6.45, 7) is 0. The average Bonchev–Trinajstić information content (AvgIpc) is 3.21. The Balaban J connectivity index is 1.65. The van der Waals surface area contributed by atoms with Crippen molar-refractivity contribution in [3.8, 4) is 23.0 Å². The Labute approximate surface area is 179 Å². The van der Waals surface area contributed by atoms with Gasteiger partial charge in [-0.25, -0.2) is 0 Å². The molecule has 0 aliphatic rings. The number of methoxy groups -OCH3 is 2. The summed E-state index contributed by atoms with van der Waals surface area (Å²) in [5.41, 5.74) is 0.696. The van der Waals surface area contributed by atoms with Crippen molar-refractivity contribution in [2.75, 3.05) is 25.3 Å². The van der Waals surface area contributed by atoms with E-state index in [9.17, 15) is 14.9 Å². The van der Waals surface area contributed by atoms with E-state index in [2.05, 4.69) is 15.5 Å². The van der Waals surface area contributed by atoms with E-state index in [1.165, 1.54) is 32.4 Å². The second kappa shape index (κ2) is 9.46. The van der Waals surface area contributed by atoms with E-state index in [0.717, 1.165) is 11.8 Å². The number of nitro benzene ring substituents is 1. The van der Waals surface area contributed by atoms with Gasteiger partial charge >= 0.3 is 0 Å². The van der Waals surface area contributed by atoms with Crippen molar-refractivity contribution in [3.05, 3.63) is 51.5 Å². The summed E-state index contributed by atoms with van der Waals surface area (Å²) in [6, 6.07) is 8.89. The number of amides is 1. The van der Waals surface area contributed by atoms with E-state index in [-0.39, 0.29) is 34.2 Å². The van der Waals surface area contributed by atoms with E-state index in [0.29, 0.717) is 22.0 Å². The first-order valence-electron chi connectivity index (χ1n) is 8.33. The van der Waals surface area contributed by atoms with Gasteiger partial charge in [0.2, 0.25) is 5.91 Å². The second-order valence-corrected chi connectivity index (χ2v) is 7.06. The molecular weight excluding hydrogens is 436 g/mol. The molecular formula is C18H15ClN4O6S. The summed E-state index contributed by atoms with van der Waals surface area (Å²) in [5.74, 6) is 0.480. The third-order valence-corrected chi connectivity index (χ3v) is 4.85. The molecule has 1 heterocycles. The van der Waals surface area contributed by atoms with Gasteiger partial charge in [-0.1, -0.05) is 23.4 Å². The van der Waals surface area contributed by atoms with Crippen molar-refractivity contribution in [2.24, 2.45) is 0 Å². The molecule has 0 saturated heterocycles. The molecule has 1 aromatic heterocycles. The highest BCUT2D eigenvalue weighted by atomic mass is 35.5. The van der Waals surface area contributed by atoms with Gasteiger partial charge in [0.05, 0.1) is 42.2 Å². The number of benzene rings is 2. The number of carbonyl (C=O) groups excluding carboxylic acids is 1. The van der Waals surface area contributed by atoms with Crippen LogP contribution in [0.1, 0.15) is 0 Å². The summed E-state index contributed by atoms with van der Waals surface area (Å²) < 4.78 is 15.9. The molecule has 0 aliphatic heterocycles. The van der Waals surface area contributed by atoms with E-state index < -0.39 is 4.92 Å². The van der Waals surface area contributed by atoms with Crippen LogP contribution in [0.25, 0.3) is 11.5 Å². The van der Waals surface area contributed by atoms with Gasteiger partial charge in [-0.3, -0.25) is 14.9 Å². The lowest BCUT2D eigenvalue weighted by Crippen LogP contribution is -2.14. The molecule has 2 aromatic carbocycles. The largest absolute Gasteiger partial charge is 0.496 e. The summed E-state index contributed by atoms with van der Waals surface area (Å²) in [6.07, 6.45) is 0. The van der Waals surface area contributed by atoms with E-state index >= 15 is 0 Å². The fraction of sp³-hybridized carbons (Fsp3) is 0.167. The monoisotopic (exact) mass is 450 g/mol. The van der Waals surface area contributed by atoms with Crippen LogP contribution in [0.5, 0.6) is 11.5 Å². The first-order valence-corrected chi connectivity index (χ1v) is 9.70. The van der Waals surface area contributed by atoms with Crippen LogP contribution in [-0.2, 0) is 4.79 Å². The lowest BCUT2D eigenvalue weighted by atomic mass is 10.2. The van der Waals surface area contributed by atoms with Gasteiger partial charge in [0.1, 0.15) is 11.5 Å². The number of rotatable bonds is 8. The molecule has 0 saturated carbocycles. The highest BCUT2D eigenvalue weighted by Crippen LogP contribution is 2.33. The van der Waals surface area contributed by atoms with Gasteiger partial charge < -0.3 is 19.2 Å². The molecule has 0 atom stereocenters. The van der Waals surface area contributed by atoms with E-state index in [4.69, 9.17) is 25.5 Å². The Morgan fingerprint density at radius 1 is 1.20 bits per heavy atom. The Morgan fingerprint density at radius 2 is 1.97 bits per heavy atom. The molecule has 0 fully saturated rings. The molecule has 156 valence electrons. The average molecular weight is 451 g/mol. The lowest BCUT2D eigenvalue weighted by molar-refractivity contribution is -0.384. The fourth-order valence-corrected chi connectivity index (χ4v) is 3.17. The predicted octanol–water partition coefficient (Wildman–Crippen LogP) is 4.05. The Hall–Kier alpha value is -3.31. The summed E-state index contributed by atoms with van der Waals surface area (Å²) in [7, 11) is 2.86. The van der Waals surface area contributed by atoms with E-state index in [1.54, 1.807) is 18.2 Å². The number of nitrogens with zero attached hydrogens (tertiary/aromatic N) is 3. The number of halogens is 1. The maximum Gasteiger partial charge on any atom is 0.277 e. The second-order valence-electron chi connectivity index (χ2n) is 5.70.